The third kappa shape index (κ3) is 3.72. The summed E-state index contributed by atoms with van der Waals surface area (Å²) in [4.78, 5) is 24.2. The number of rotatable bonds is 7. The lowest BCUT2D eigenvalue weighted by molar-refractivity contribution is -0.142. The number of hydrogen-bond donors (Lipinski definition) is 0. The van der Waals surface area contributed by atoms with Gasteiger partial charge in [0.15, 0.2) is 23.9 Å². The van der Waals surface area contributed by atoms with E-state index in [1.165, 1.54) is 27.6 Å². The van der Waals surface area contributed by atoms with Gasteiger partial charge in [-0.05, 0) is 36.4 Å². The first-order chi connectivity index (χ1) is 13.1. The molecule has 0 saturated carbocycles. The fraction of sp³-hybridized carbons (Fsp3) is 0.200. The van der Waals surface area contributed by atoms with Crippen molar-refractivity contribution in [1.29, 1.82) is 0 Å². The summed E-state index contributed by atoms with van der Waals surface area (Å²) < 4.78 is 25.8. The lowest BCUT2D eigenvalue weighted by Gasteiger charge is -2.09. The van der Waals surface area contributed by atoms with Crippen LogP contribution in [0.2, 0.25) is 0 Å². The van der Waals surface area contributed by atoms with Gasteiger partial charge in [0, 0.05) is 10.9 Å². The van der Waals surface area contributed by atoms with Crippen molar-refractivity contribution in [3.8, 4) is 17.2 Å². The number of carbonyl (C=O) groups is 2. The molecule has 0 unspecified atom stereocenters. The molecule has 0 fully saturated rings. The van der Waals surface area contributed by atoms with Gasteiger partial charge < -0.3 is 23.4 Å². The Morgan fingerprint density at radius 2 is 1.74 bits per heavy atom. The molecule has 140 valence electrons. The van der Waals surface area contributed by atoms with E-state index in [0.29, 0.717) is 39.3 Å². The third-order valence-corrected chi connectivity index (χ3v) is 4.02. The molecule has 1 aromatic heterocycles. The molecule has 27 heavy (non-hydrogen) atoms. The van der Waals surface area contributed by atoms with Gasteiger partial charge in [0.2, 0.25) is 0 Å². The minimum Gasteiger partial charge on any atom is -0.493 e. The summed E-state index contributed by atoms with van der Waals surface area (Å²) >= 11 is 0. The first-order valence-electron chi connectivity index (χ1n) is 8.05. The normalized spacial score (nSPS) is 10.5. The Bertz CT molecular complexity index is 987. The van der Waals surface area contributed by atoms with Crippen molar-refractivity contribution in [2.24, 2.45) is 0 Å². The average Bonchev–Trinajstić information content (AvgIpc) is 3.13. The number of benzene rings is 2. The monoisotopic (exact) mass is 370 g/mol. The summed E-state index contributed by atoms with van der Waals surface area (Å²) in [6.45, 7) is -0.223. The van der Waals surface area contributed by atoms with Gasteiger partial charge in [-0.25, -0.2) is 4.79 Å². The SMILES string of the molecule is COC(=O)COc1ccc2occ(C(=O)c3ccc(OC)c(OC)c3)c2c1. The first-order valence-corrected chi connectivity index (χ1v) is 8.05. The Kier molecular flexibility index (Phi) is 5.30. The van der Waals surface area contributed by atoms with Crippen LogP contribution in [0, 0.1) is 0 Å². The number of esters is 1. The highest BCUT2D eigenvalue weighted by Gasteiger charge is 2.18. The summed E-state index contributed by atoms with van der Waals surface area (Å²) in [6, 6.07) is 9.90. The van der Waals surface area contributed by atoms with Crippen LogP contribution in [-0.4, -0.2) is 39.7 Å². The molecule has 0 bridgehead atoms. The highest BCUT2D eigenvalue weighted by Crippen LogP contribution is 2.31. The number of furan rings is 1. The molecule has 7 heteroatoms. The van der Waals surface area contributed by atoms with E-state index in [4.69, 9.17) is 18.6 Å². The van der Waals surface area contributed by atoms with Crippen molar-refractivity contribution in [3.63, 3.8) is 0 Å². The van der Waals surface area contributed by atoms with Crippen molar-refractivity contribution in [3.05, 3.63) is 53.8 Å². The molecule has 0 saturated heterocycles. The van der Waals surface area contributed by atoms with Gasteiger partial charge in [-0.15, -0.1) is 0 Å². The molecule has 0 atom stereocenters. The van der Waals surface area contributed by atoms with E-state index in [2.05, 4.69) is 4.74 Å². The average molecular weight is 370 g/mol. The molecule has 2 aromatic carbocycles. The molecule has 0 amide bonds. The molecule has 3 rings (SSSR count). The smallest absolute Gasteiger partial charge is 0.343 e. The molecule has 1 heterocycles. The Hall–Kier alpha value is -3.48. The third-order valence-electron chi connectivity index (χ3n) is 4.02. The number of ether oxygens (including phenoxy) is 4. The van der Waals surface area contributed by atoms with Crippen LogP contribution in [0.1, 0.15) is 15.9 Å². The molecule has 7 nitrogen and oxygen atoms in total. The number of fused-ring (bicyclic) bond motifs is 1. The van der Waals surface area contributed by atoms with Gasteiger partial charge in [0.05, 0.1) is 26.9 Å². The Balaban J connectivity index is 1.94. The topological polar surface area (TPSA) is 84.2 Å². The molecule has 3 aromatic rings. The summed E-state index contributed by atoms with van der Waals surface area (Å²) in [5.41, 5.74) is 1.33. The standard InChI is InChI=1S/C20H18O7/c1-23-17-6-4-12(8-18(17)24-2)20(22)15-10-27-16-7-5-13(9-14(15)16)26-11-19(21)25-3/h4-10H,11H2,1-3H3. The number of ketones is 1. The quantitative estimate of drug-likeness (QED) is 0.466. The van der Waals surface area contributed by atoms with Gasteiger partial charge in [-0.3, -0.25) is 4.79 Å². The maximum Gasteiger partial charge on any atom is 0.343 e. The molecular formula is C20H18O7. The fourth-order valence-electron chi connectivity index (χ4n) is 2.61. The highest BCUT2D eigenvalue weighted by atomic mass is 16.6. The van der Waals surface area contributed by atoms with Crippen LogP contribution in [0.3, 0.4) is 0 Å². The van der Waals surface area contributed by atoms with Crippen LogP contribution < -0.4 is 14.2 Å². The Morgan fingerprint density at radius 1 is 0.963 bits per heavy atom. The molecular weight excluding hydrogens is 352 g/mol. The zero-order valence-electron chi connectivity index (χ0n) is 15.1. The van der Waals surface area contributed by atoms with Gasteiger partial charge in [-0.1, -0.05) is 0 Å². The van der Waals surface area contributed by atoms with Crippen LogP contribution in [-0.2, 0) is 9.53 Å². The minimum atomic E-state index is -0.496. The summed E-state index contributed by atoms with van der Waals surface area (Å²) in [5, 5.41) is 0.581. The Morgan fingerprint density at radius 3 is 2.44 bits per heavy atom. The van der Waals surface area contributed by atoms with E-state index in [1.807, 2.05) is 0 Å². The van der Waals surface area contributed by atoms with Crippen LogP contribution >= 0.6 is 0 Å². The van der Waals surface area contributed by atoms with Crippen molar-refractivity contribution >= 4 is 22.7 Å². The predicted molar refractivity (Wildman–Crippen MR) is 96.7 cm³/mol. The zero-order chi connectivity index (χ0) is 19.4. The molecule has 0 aliphatic heterocycles. The molecule has 0 radical (unpaired) electrons. The van der Waals surface area contributed by atoms with Crippen molar-refractivity contribution in [2.75, 3.05) is 27.9 Å². The van der Waals surface area contributed by atoms with E-state index in [0.717, 1.165) is 0 Å². The largest absolute Gasteiger partial charge is 0.493 e. The predicted octanol–water partition coefficient (Wildman–Crippen LogP) is 3.23. The van der Waals surface area contributed by atoms with Crippen molar-refractivity contribution in [1.82, 2.24) is 0 Å². The molecule has 0 aliphatic rings. The van der Waals surface area contributed by atoms with Crippen LogP contribution in [0.4, 0.5) is 0 Å². The number of methoxy groups -OCH3 is 3. The van der Waals surface area contributed by atoms with E-state index in [-0.39, 0.29) is 12.4 Å². The van der Waals surface area contributed by atoms with E-state index >= 15 is 0 Å². The zero-order valence-corrected chi connectivity index (χ0v) is 15.1. The number of hydrogen-bond acceptors (Lipinski definition) is 7. The van der Waals surface area contributed by atoms with Crippen LogP contribution in [0.25, 0.3) is 11.0 Å². The van der Waals surface area contributed by atoms with E-state index in [1.54, 1.807) is 36.4 Å². The van der Waals surface area contributed by atoms with Crippen LogP contribution in [0.5, 0.6) is 17.2 Å². The first kappa shape index (κ1) is 18.3. The van der Waals surface area contributed by atoms with Crippen molar-refractivity contribution in [2.45, 2.75) is 0 Å². The Labute approximate surface area is 155 Å². The van der Waals surface area contributed by atoms with Gasteiger partial charge in [0.25, 0.3) is 0 Å². The van der Waals surface area contributed by atoms with Crippen LogP contribution in [0.15, 0.2) is 47.1 Å². The molecule has 0 spiro atoms. The lowest BCUT2D eigenvalue weighted by atomic mass is 10.0. The second-order valence-corrected chi connectivity index (χ2v) is 5.57. The molecule has 0 aliphatic carbocycles. The van der Waals surface area contributed by atoms with Gasteiger partial charge >= 0.3 is 5.97 Å². The maximum absolute atomic E-state index is 12.9. The van der Waals surface area contributed by atoms with Gasteiger partial charge in [-0.2, -0.15) is 0 Å². The van der Waals surface area contributed by atoms with E-state index in [9.17, 15) is 9.59 Å². The second-order valence-electron chi connectivity index (χ2n) is 5.57. The highest BCUT2D eigenvalue weighted by molar-refractivity contribution is 6.16. The molecule has 0 N–H and O–H groups in total. The minimum absolute atomic E-state index is 0.223. The summed E-state index contributed by atoms with van der Waals surface area (Å²) in [5.74, 6) is 0.683. The second kappa shape index (κ2) is 7.82. The summed E-state index contributed by atoms with van der Waals surface area (Å²) in [7, 11) is 4.31. The van der Waals surface area contributed by atoms with Crippen molar-refractivity contribution < 1.29 is 33.0 Å². The van der Waals surface area contributed by atoms with E-state index < -0.39 is 5.97 Å². The number of carbonyl (C=O) groups excluding carboxylic acids is 2. The van der Waals surface area contributed by atoms with Gasteiger partial charge in [0.1, 0.15) is 17.6 Å². The fourth-order valence-corrected chi connectivity index (χ4v) is 2.61. The lowest BCUT2D eigenvalue weighted by Crippen LogP contribution is -2.12. The maximum atomic E-state index is 12.9. The summed E-state index contributed by atoms with van der Waals surface area (Å²) in [6.07, 6.45) is 1.40.